The van der Waals surface area contributed by atoms with Crippen LogP contribution in [0.2, 0.25) is 18.1 Å². The highest BCUT2D eigenvalue weighted by molar-refractivity contribution is 7.99. The van der Waals surface area contributed by atoms with Gasteiger partial charge in [0.25, 0.3) is 0 Å². The Morgan fingerprint density at radius 2 is 1.27 bits per heavy atom. The molecule has 18 heteroatoms. The fourth-order valence-corrected chi connectivity index (χ4v) is 10.1. The minimum absolute atomic E-state index is 0.00338. The lowest BCUT2D eigenvalue weighted by atomic mass is 9.95. The summed E-state index contributed by atoms with van der Waals surface area (Å²) >= 11 is 1.28. The van der Waals surface area contributed by atoms with E-state index < -0.39 is 93.3 Å². The molecule has 16 nitrogen and oxygen atoms in total. The molecule has 0 saturated carbocycles. The van der Waals surface area contributed by atoms with Crippen molar-refractivity contribution in [2.75, 3.05) is 13.2 Å². The van der Waals surface area contributed by atoms with Gasteiger partial charge in [-0.2, -0.15) is 0 Å². The molecule has 0 aliphatic carbocycles. The van der Waals surface area contributed by atoms with Crippen molar-refractivity contribution < 1.29 is 61.5 Å². The van der Waals surface area contributed by atoms with E-state index in [9.17, 15) is 24.7 Å². The van der Waals surface area contributed by atoms with Gasteiger partial charge in [-0.1, -0.05) is 134 Å². The molecule has 0 bridgehead atoms. The quantitative estimate of drug-likeness (QED) is 0.0180. The number of hydrogen-bond donors (Lipinski definition) is 0. The summed E-state index contributed by atoms with van der Waals surface area (Å²) in [4.78, 5) is 56.0. The Kier molecular flexibility index (Phi) is 20.0. The number of carbonyl (C=O) groups is 4. The minimum atomic E-state index is -2.69. The van der Waals surface area contributed by atoms with Crippen molar-refractivity contribution >= 4 is 43.8 Å². The topological polar surface area (TPSA) is 200 Å². The van der Waals surface area contributed by atoms with Crippen molar-refractivity contribution in [2.24, 2.45) is 5.11 Å². The molecule has 2 aliphatic heterocycles. The molecule has 4 aromatic carbocycles. The summed E-state index contributed by atoms with van der Waals surface area (Å²) < 4.78 is 59.5. The number of esters is 3. The van der Waals surface area contributed by atoms with Crippen LogP contribution in [0.25, 0.3) is 10.4 Å². The van der Waals surface area contributed by atoms with Crippen molar-refractivity contribution in [3.8, 4) is 0 Å². The average Bonchev–Trinajstić information content (AvgIpc) is 3.34. The molecule has 0 spiro atoms. The number of aryl methyl sites for hydroxylation is 1. The maximum atomic E-state index is 14.2. The van der Waals surface area contributed by atoms with Gasteiger partial charge in [0.1, 0.15) is 61.0 Å². The third-order valence-corrected chi connectivity index (χ3v) is 18.2. The molecule has 2 heterocycles. The second-order valence-electron chi connectivity index (χ2n) is 19.1. The number of ketones is 1. The fraction of sp³-hybridized carbons (Fsp3) is 0.472. The van der Waals surface area contributed by atoms with Crippen molar-refractivity contribution in [2.45, 2.75) is 151 Å². The maximum absolute atomic E-state index is 14.2. The number of rotatable bonds is 22. The molecule has 4 aromatic rings. The zero-order chi connectivity index (χ0) is 51.1. The lowest BCUT2D eigenvalue weighted by Crippen LogP contribution is -2.66. The van der Waals surface area contributed by atoms with Gasteiger partial charge in [0.2, 0.25) is 0 Å². The zero-order valence-electron chi connectivity index (χ0n) is 41.5. The second-order valence-corrected chi connectivity index (χ2v) is 25.0. The molecule has 2 aliphatic rings. The van der Waals surface area contributed by atoms with Crippen LogP contribution in [0.1, 0.15) is 74.5 Å². The van der Waals surface area contributed by atoms with Gasteiger partial charge < -0.3 is 47.1 Å². The summed E-state index contributed by atoms with van der Waals surface area (Å²) in [5, 5.41) is 3.98. The monoisotopic (exact) mass is 1010 g/mol. The number of nitrogens with zero attached hydrogens (tertiary/aromatic N) is 3. The minimum Gasteiger partial charge on any atom is -0.463 e. The summed E-state index contributed by atoms with van der Waals surface area (Å²) in [5.41, 5.74) is 12.2. The van der Waals surface area contributed by atoms with E-state index in [4.69, 9.17) is 42.3 Å². The Morgan fingerprint density at radius 3 is 1.83 bits per heavy atom. The predicted molar refractivity (Wildman–Crippen MR) is 267 cm³/mol. The summed E-state index contributed by atoms with van der Waals surface area (Å²) in [7, 11) is -2.69. The Bertz CT molecular complexity index is 2410. The first kappa shape index (κ1) is 54.9. The molecular formula is C53H65N3O13SSi. The molecule has 0 radical (unpaired) electrons. The van der Waals surface area contributed by atoms with Gasteiger partial charge >= 0.3 is 17.9 Å². The maximum Gasteiger partial charge on any atom is 0.338 e. The Morgan fingerprint density at radius 1 is 0.704 bits per heavy atom. The molecule has 380 valence electrons. The highest BCUT2D eigenvalue weighted by atomic mass is 32.2. The smallest absolute Gasteiger partial charge is 0.338 e. The van der Waals surface area contributed by atoms with E-state index in [-0.39, 0.29) is 49.0 Å². The molecule has 0 unspecified atom stereocenters. The van der Waals surface area contributed by atoms with E-state index in [0.29, 0.717) is 0 Å². The molecule has 71 heavy (non-hydrogen) atoms. The summed E-state index contributed by atoms with van der Waals surface area (Å²) in [6.45, 7) is 14.4. The molecule has 0 amide bonds. The predicted octanol–water partition coefficient (Wildman–Crippen LogP) is 9.86. The number of thioether (sulfide) groups is 1. The van der Waals surface area contributed by atoms with Gasteiger partial charge in [-0.05, 0) is 72.9 Å². The van der Waals surface area contributed by atoms with Crippen molar-refractivity contribution in [1.29, 1.82) is 0 Å². The number of hydrogen-bond acceptors (Lipinski definition) is 15. The highest BCUT2D eigenvalue weighted by Gasteiger charge is 2.56. The molecule has 2 fully saturated rings. The van der Waals surface area contributed by atoms with Gasteiger partial charge in [-0.25, -0.2) is 4.79 Å². The Labute approximate surface area is 421 Å². The number of carbonyl (C=O) groups excluding carboxylic acids is 4. The van der Waals surface area contributed by atoms with Crippen LogP contribution in [0.4, 0.5) is 0 Å². The number of benzene rings is 4. The zero-order valence-corrected chi connectivity index (χ0v) is 43.4. The van der Waals surface area contributed by atoms with Crippen LogP contribution in [0.5, 0.6) is 0 Å². The van der Waals surface area contributed by atoms with Gasteiger partial charge in [-0.3, -0.25) is 9.59 Å². The highest BCUT2D eigenvalue weighted by Crippen LogP contribution is 2.43. The number of ether oxygens (including phenoxy) is 8. The van der Waals surface area contributed by atoms with Crippen LogP contribution in [-0.2, 0) is 69.9 Å². The van der Waals surface area contributed by atoms with Crippen molar-refractivity contribution in [3.63, 3.8) is 0 Å². The van der Waals surface area contributed by atoms with Gasteiger partial charge in [0.15, 0.2) is 20.7 Å². The lowest BCUT2D eigenvalue weighted by molar-refractivity contribution is -0.321. The molecule has 2 saturated heterocycles. The van der Waals surface area contributed by atoms with E-state index in [2.05, 4.69) is 43.9 Å². The second kappa shape index (κ2) is 25.8. The lowest BCUT2D eigenvalue weighted by Gasteiger charge is -2.51. The third kappa shape index (κ3) is 15.8. The van der Waals surface area contributed by atoms with Crippen LogP contribution >= 0.6 is 11.8 Å². The first-order chi connectivity index (χ1) is 33.9. The van der Waals surface area contributed by atoms with Crippen LogP contribution in [0.15, 0.2) is 125 Å². The third-order valence-electron chi connectivity index (χ3n) is 12.6. The average molecular weight is 1010 g/mol. The number of Topliss-reactive ketones (excluding diaryl/α,β-unsaturated/α-hetero) is 1. The van der Waals surface area contributed by atoms with E-state index in [1.165, 1.54) is 25.6 Å². The van der Waals surface area contributed by atoms with Gasteiger partial charge in [0.05, 0.1) is 31.3 Å². The largest absolute Gasteiger partial charge is 0.463 e. The van der Waals surface area contributed by atoms with Crippen LogP contribution in [0, 0.1) is 6.92 Å². The normalized spacial score (nSPS) is 24.5. The summed E-state index contributed by atoms with van der Waals surface area (Å²) in [6.07, 6.45) is -9.67. The molecule has 0 aromatic heterocycles. The van der Waals surface area contributed by atoms with Gasteiger partial charge in [-0.15, -0.1) is 0 Å². The van der Waals surface area contributed by atoms with Crippen LogP contribution < -0.4 is 0 Å². The van der Waals surface area contributed by atoms with E-state index >= 15 is 0 Å². The van der Waals surface area contributed by atoms with Crippen molar-refractivity contribution in [1.82, 2.24) is 0 Å². The SMILES string of the molecule is CC(=O)CCC(=O)OC[C@@H]1O[C@@H](Sc2ccc(C)cc2)[C@H](OC(=O)c2ccccc2)[C@@H](OCc2ccccc2)[C@@H]1O[C@H]1O[C@H](COC(C)=O)[C@@H](O[Si](C)(C)C(C)(C)C)[C@H](OCc2ccccc2)[C@H]1N=[N+]=[N-]. The molecule has 10 atom stereocenters. The Balaban J connectivity index is 1.49. The number of azide groups is 1. The Hall–Kier alpha value is -5.40. The van der Waals surface area contributed by atoms with Crippen LogP contribution in [0.3, 0.4) is 0 Å². The van der Waals surface area contributed by atoms with Crippen molar-refractivity contribution in [3.05, 3.63) is 148 Å². The molecule has 0 N–H and O–H groups in total. The summed E-state index contributed by atoms with van der Waals surface area (Å²) in [5.74, 6) is -2.09. The summed E-state index contributed by atoms with van der Waals surface area (Å²) in [6, 6.07) is 33.7. The molecule has 6 rings (SSSR count). The van der Waals surface area contributed by atoms with E-state index in [1.807, 2.05) is 91.9 Å². The van der Waals surface area contributed by atoms with E-state index in [0.717, 1.165) is 21.6 Å². The first-order valence-corrected chi connectivity index (χ1v) is 27.5. The standard InChI is InChI=1S/C53H65N3O13SSi/c1-34-24-27-40(28-25-34)70-52-49(67-50(60)39-22-16-11-17-23-39)48(64-31-38-20-14-10-15-21-38)45(41(66-52)33-62-43(59)29-26-35(2)57)68-51-44(55-56-54)47(63-30-37-18-12-9-13-19-37)46(42(65-51)32-61-36(3)58)69-71(7,8)53(4,5)6/h9-25,27-28,41-42,44-49,51-52H,26,29-33H2,1-8H3/t41-,42+,44+,45+,46+,47+,48-,49+,51+,52-/m0/s1. The molecular weight excluding hydrogens is 947 g/mol. The van der Waals surface area contributed by atoms with E-state index in [1.54, 1.807) is 30.3 Å². The van der Waals surface area contributed by atoms with Crippen LogP contribution in [-0.4, -0.2) is 106 Å². The first-order valence-electron chi connectivity index (χ1n) is 23.7. The fourth-order valence-electron chi connectivity index (χ4n) is 7.69. The van der Waals surface area contributed by atoms with Gasteiger partial charge in [0, 0.05) is 23.2 Å².